The zero-order chi connectivity index (χ0) is 20.7. The van der Waals surface area contributed by atoms with Gasteiger partial charge in [-0.3, -0.25) is 9.48 Å². The lowest BCUT2D eigenvalue weighted by Gasteiger charge is -2.25. The molecule has 0 unspecified atom stereocenters. The Labute approximate surface area is 175 Å². The quantitative estimate of drug-likeness (QED) is 0.630. The Morgan fingerprint density at radius 1 is 1.07 bits per heavy atom. The van der Waals surface area contributed by atoms with E-state index in [0.29, 0.717) is 35.9 Å². The molecule has 2 fully saturated rings. The third-order valence-corrected chi connectivity index (χ3v) is 7.79. The summed E-state index contributed by atoms with van der Waals surface area (Å²) in [6.07, 6.45) is 6.92. The van der Waals surface area contributed by atoms with Crippen molar-refractivity contribution in [1.82, 2.24) is 19.1 Å². The topological polar surface area (TPSA) is 100 Å². The van der Waals surface area contributed by atoms with Crippen LogP contribution < -0.4 is 10.9 Å². The van der Waals surface area contributed by atoms with Crippen molar-refractivity contribution in [2.75, 3.05) is 18.4 Å². The lowest BCUT2D eigenvalue weighted by molar-refractivity contribution is 0.346. The number of rotatable bonds is 6. The van der Waals surface area contributed by atoms with Crippen molar-refractivity contribution in [1.29, 1.82) is 0 Å². The molecule has 3 heterocycles. The molecule has 158 valence electrons. The van der Waals surface area contributed by atoms with Crippen molar-refractivity contribution in [3.8, 4) is 0 Å². The Morgan fingerprint density at radius 2 is 1.80 bits per heavy atom. The van der Waals surface area contributed by atoms with E-state index in [9.17, 15) is 13.2 Å². The van der Waals surface area contributed by atoms with E-state index < -0.39 is 10.0 Å². The fourth-order valence-electron chi connectivity index (χ4n) is 4.01. The van der Waals surface area contributed by atoms with Crippen LogP contribution in [0.25, 0.3) is 10.9 Å². The zero-order valence-corrected chi connectivity index (χ0v) is 17.5. The third kappa shape index (κ3) is 3.63. The molecule has 9 heteroatoms. The number of aromatic nitrogens is 3. The first-order chi connectivity index (χ1) is 14.5. The van der Waals surface area contributed by atoms with Crippen LogP contribution in [-0.4, -0.2) is 40.6 Å². The second-order valence-electron chi connectivity index (χ2n) is 8.16. The summed E-state index contributed by atoms with van der Waals surface area (Å²) in [5.41, 5.74) is 1.30. The Hall–Kier alpha value is -2.65. The van der Waals surface area contributed by atoms with Crippen LogP contribution in [0, 0.1) is 5.92 Å². The largest absolute Gasteiger partial charge is 0.338 e. The number of anilines is 2. The van der Waals surface area contributed by atoms with E-state index in [2.05, 4.69) is 15.4 Å². The summed E-state index contributed by atoms with van der Waals surface area (Å²) in [6, 6.07) is 8.53. The maximum atomic E-state index is 12.8. The average molecular weight is 428 g/mol. The van der Waals surface area contributed by atoms with Crippen LogP contribution in [0.15, 0.2) is 46.2 Å². The van der Waals surface area contributed by atoms with Crippen LogP contribution in [0.5, 0.6) is 0 Å². The fourth-order valence-corrected chi connectivity index (χ4v) is 5.53. The molecule has 1 aliphatic carbocycles. The van der Waals surface area contributed by atoms with Crippen LogP contribution in [0.4, 0.5) is 11.5 Å². The second-order valence-corrected chi connectivity index (χ2v) is 10.1. The minimum absolute atomic E-state index is 0.193. The zero-order valence-electron chi connectivity index (χ0n) is 16.7. The van der Waals surface area contributed by atoms with Gasteiger partial charge < -0.3 is 10.3 Å². The van der Waals surface area contributed by atoms with Gasteiger partial charge in [-0.25, -0.2) is 8.42 Å². The minimum atomic E-state index is -3.46. The van der Waals surface area contributed by atoms with Crippen LogP contribution in [0.1, 0.15) is 32.1 Å². The van der Waals surface area contributed by atoms with Gasteiger partial charge in [-0.2, -0.15) is 9.40 Å². The Bertz CT molecular complexity index is 1220. The number of nitrogens with zero attached hydrogens (tertiary/aromatic N) is 3. The molecule has 2 N–H and O–H groups in total. The van der Waals surface area contributed by atoms with E-state index in [0.717, 1.165) is 31.3 Å². The Morgan fingerprint density at radius 3 is 2.50 bits per heavy atom. The summed E-state index contributed by atoms with van der Waals surface area (Å²) in [6.45, 7) is 1.96. The van der Waals surface area contributed by atoms with Crippen molar-refractivity contribution >= 4 is 32.4 Å². The van der Waals surface area contributed by atoms with Crippen molar-refractivity contribution in [2.45, 2.75) is 43.5 Å². The molecule has 0 atom stereocenters. The second kappa shape index (κ2) is 7.55. The van der Waals surface area contributed by atoms with Gasteiger partial charge in [0.2, 0.25) is 10.0 Å². The fraction of sp³-hybridized carbons (Fsp3) is 0.429. The number of nitrogens with one attached hydrogen (secondary N) is 2. The Balaban J connectivity index is 1.42. The summed E-state index contributed by atoms with van der Waals surface area (Å²) in [7, 11) is -3.46. The highest BCUT2D eigenvalue weighted by Crippen LogP contribution is 2.33. The molecule has 5 rings (SSSR count). The molecule has 30 heavy (non-hydrogen) atoms. The van der Waals surface area contributed by atoms with E-state index >= 15 is 0 Å². The standard InChI is InChI=1S/C21H25N5O3S/c27-21-19-18(10-11-22-21)26(14-15-4-5-15)24-20(19)23-16-6-8-17(9-7-16)30(28,29)25-12-2-1-3-13-25/h6-11,15H,1-5,12-14H2,(H,22,27)(H,23,24). The van der Waals surface area contributed by atoms with Gasteiger partial charge in [-0.1, -0.05) is 6.42 Å². The lowest BCUT2D eigenvalue weighted by atomic mass is 10.2. The summed E-state index contributed by atoms with van der Waals surface area (Å²) < 4.78 is 29.1. The van der Waals surface area contributed by atoms with Crippen LogP contribution in [-0.2, 0) is 16.6 Å². The van der Waals surface area contributed by atoms with Gasteiger partial charge in [-0.15, -0.1) is 0 Å². The number of benzene rings is 1. The number of H-pyrrole nitrogens is 1. The summed E-state index contributed by atoms with van der Waals surface area (Å²) >= 11 is 0. The van der Waals surface area contributed by atoms with Crippen LogP contribution >= 0.6 is 0 Å². The lowest BCUT2D eigenvalue weighted by Crippen LogP contribution is -2.35. The maximum Gasteiger partial charge on any atom is 0.261 e. The maximum absolute atomic E-state index is 12.8. The molecule has 2 aromatic heterocycles. The highest BCUT2D eigenvalue weighted by atomic mass is 32.2. The number of aromatic amines is 1. The molecule has 2 aliphatic rings. The first-order valence-electron chi connectivity index (χ1n) is 10.5. The molecule has 0 radical (unpaired) electrons. The highest BCUT2D eigenvalue weighted by Gasteiger charge is 2.26. The molecule has 0 bridgehead atoms. The van der Waals surface area contributed by atoms with Gasteiger partial charge in [0.15, 0.2) is 5.82 Å². The SMILES string of the molecule is O=c1[nH]ccc2c1c(Nc1ccc(S(=O)(=O)N3CCCCC3)cc1)nn2CC1CC1. The van der Waals surface area contributed by atoms with E-state index in [4.69, 9.17) is 0 Å². The molecule has 3 aromatic rings. The first kappa shape index (κ1) is 19.3. The normalized spacial score (nSPS) is 18.0. The summed E-state index contributed by atoms with van der Waals surface area (Å²) in [5, 5.41) is 8.35. The molecule has 0 spiro atoms. The molecule has 1 saturated carbocycles. The van der Waals surface area contributed by atoms with E-state index in [1.165, 1.54) is 12.8 Å². The van der Waals surface area contributed by atoms with Crippen molar-refractivity contribution in [3.63, 3.8) is 0 Å². The van der Waals surface area contributed by atoms with Gasteiger partial charge in [0.1, 0.15) is 5.39 Å². The van der Waals surface area contributed by atoms with E-state index in [-0.39, 0.29) is 10.5 Å². The minimum Gasteiger partial charge on any atom is -0.338 e. The van der Waals surface area contributed by atoms with Gasteiger partial charge in [0.05, 0.1) is 10.4 Å². The molecular weight excluding hydrogens is 402 g/mol. The summed E-state index contributed by atoms with van der Waals surface area (Å²) in [5.74, 6) is 1.11. The Kier molecular flexibility index (Phi) is 4.86. The molecule has 0 amide bonds. The number of fused-ring (bicyclic) bond motifs is 1. The van der Waals surface area contributed by atoms with Crippen LogP contribution in [0.2, 0.25) is 0 Å². The van der Waals surface area contributed by atoms with E-state index in [1.54, 1.807) is 34.8 Å². The predicted molar refractivity (Wildman–Crippen MR) is 115 cm³/mol. The molecule has 8 nitrogen and oxygen atoms in total. The van der Waals surface area contributed by atoms with Crippen molar-refractivity contribution in [2.24, 2.45) is 5.92 Å². The number of pyridine rings is 1. The predicted octanol–water partition coefficient (Wildman–Crippen LogP) is 3.05. The monoisotopic (exact) mass is 427 g/mol. The van der Waals surface area contributed by atoms with Gasteiger partial charge in [-0.05, 0) is 61.9 Å². The molecule has 1 aromatic carbocycles. The number of hydrogen-bond donors (Lipinski definition) is 2. The average Bonchev–Trinajstić information content (AvgIpc) is 3.51. The van der Waals surface area contributed by atoms with Gasteiger partial charge in [0, 0.05) is 31.5 Å². The van der Waals surface area contributed by atoms with E-state index in [1.807, 2.05) is 10.7 Å². The number of sulfonamides is 1. The highest BCUT2D eigenvalue weighted by molar-refractivity contribution is 7.89. The van der Waals surface area contributed by atoms with Gasteiger partial charge >= 0.3 is 0 Å². The van der Waals surface area contributed by atoms with Crippen molar-refractivity contribution < 1.29 is 8.42 Å². The molecule has 1 saturated heterocycles. The first-order valence-corrected chi connectivity index (χ1v) is 11.9. The third-order valence-electron chi connectivity index (χ3n) is 5.87. The number of hydrogen-bond acceptors (Lipinski definition) is 5. The van der Waals surface area contributed by atoms with Crippen molar-refractivity contribution in [3.05, 3.63) is 46.9 Å². The smallest absolute Gasteiger partial charge is 0.261 e. The van der Waals surface area contributed by atoms with Crippen LogP contribution in [0.3, 0.4) is 0 Å². The number of piperidine rings is 1. The molecule has 1 aliphatic heterocycles. The summed E-state index contributed by atoms with van der Waals surface area (Å²) in [4.78, 5) is 15.4. The van der Waals surface area contributed by atoms with Gasteiger partial charge in [0.25, 0.3) is 5.56 Å². The molecular formula is C21H25N5O3S.